The fourth-order valence-electron chi connectivity index (χ4n) is 2.06. The molecule has 0 radical (unpaired) electrons. The van der Waals surface area contributed by atoms with Crippen LogP contribution in [0.15, 0.2) is 18.2 Å². The highest BCUT2D eigenvalue weighted by molar-refractivity contribution is 5.70. The summed E-state index contributed by atoms with van der Waals surface area (Å²) in [4.78, 5) is 11.6. The summed E-state index contributed by atoms with van der Waals surface area (Å²) >= 11 is 0. The number of methoxy groups -OCH3 is 1. The summed E-state index contributed by atoms with van der Waals surface area (Å²) in [6.45, 7) is 7.05. The molecule has 0 spiro atoms. The smallest absolute Gasteiger partial charge is 0.307 e. The van der Waals surface area contributed by atoms with Crippen LogP contribution in [0.1, 0.15) is 37.4 Å². The van der Waals surface area contributed by atoms with Crippen LogP contribution in [0.25, 0.3) is 0 Å². The van der Waals surface area contributed by atoms with E-state index >= 15 is 0 Å². The summed E-state index contributed by atoms with van der Waals surface area (Å²) < 4.78 is 10.3. The lowest BCUT2D eigenvalue weighted by Gasteiger charge is -2.18. The molecule has 0 saturated heterocycles. The first kappa shape index (κ1) is 15.5. The quantitative estimate of drug-likeness (QED) is 0.770. The molecule has 106 valence electrons. The molecule has 0 amide bonds. The number of benzene rings is 1. The van der Waals surface area contributed by atoms with Crippen LogP contribution in [0.3, 0.4) is 0 Å². The molecule has 0 aromatic heterocycles. The highest BCUT2D eigenvalue weighted by Crippen LogP contribution is 2.24. The summed E-state index contributed by atoms with van der Waals surface area (Å²) in [6.07, 6.45) is 0.341. The van der Waals surface area contributed by atoms with Crippen LogP contribution in [0.2, 0.25) is 0 Å². The van der Waals surface area contributed by atoms with E-state index in [2.05, 4.69) is 5.32 Å². The Hall–Kier alpha value is -1.55. The van der Waals surface area contributed by atoms with Gasteiger partial charge in [0.2, 0.25) is 0 Å². The minimum atomic E-state index is -0.179. The van der Waals surface area contributed by atoms with Crippen molar-refractivity contribution in [3.63, 3.8) is 0 Å². The summed E-state index contributed by atoms with van der Waals surface area (Å²) in [5, 5.41) is 3.31. The molecular weight excluding hydrogens is 242 g/mol. The predicted molar refractivity (Wildman–Crippen MR) is 75.4 cm³/mol. The molecule has 1 aromatic rings. The van der Waals surface area contributed by atoms with Gasteiger partial charge in [-0.1, -0.05) is 19.1 Å². The van der Waals surface area contributed by atoms with E-state index < -0.39 is 0 Å². The van der Waals surface area contributed by atoms with Crippen LogP contribution in [0, 0.1) is 6.92 Å². The van der Waals surface area contributed by atoms with Crippen molar-refractivity contribution >= 4 is 5.97 Å². The zero-order valence-electron chi connectivity index (χ0n) is 12.2. The van der Waals surface area contributed by atoms with Crippen molar-refractivity contribution < 1.29 is 14.3 Å². The fourth-order valence-corrected chi connectivity index (χ4v) is 2.06. The summed E-state index contributed by atoms with van der Waals surface area (Å²) in [7, 11) is 1.66. The van der Waals surface area contributed by atoms with Crippen molar-refractivity contribution in [2.75, 3.05) is 20.3 Å². The van der Waals surface area contributed by atoms with E-state index in [0.29, 0.717) is 13.0 Å². The molecule has 0 aliphatic rings. The summed E-state index contributed by atoms with van der Waals surface area (Å²) in [5.74, 6) is 0.678. The van der Waals surface area contributed by atoms with Gasteiger partial charge in [0.25, 0.3) is 0 Å². The standard InChI is InChI=1S/C15H23NO3/c1-5-16-13(10-15(17)19-6-2)12-7-8-14(18-4)11(3)9-12/h7-9,13,16H,5-6,10H2,1-4H3. The fraction of sp³-hybridized carbons (Fsp3) is 0.533. The molecular formula is C15H23NO3. The topological polar surface area (TPSA) is 47.6 Å². The van der Waals surface area contributed by atoms with Crippen molar-refractivity contribution in [3.8, 4) is 5.75 Å². The van der Waals surface area contributed by atoms with E-state index in [1.807, 2.05) is 39.0 Å². The molecule has 1 unspecified atom stereocenters. The number of rotatable bonds is 7. The van der Waals surface area contributed by atoms with E-state index in [9.17, 15) is 4.79 Å². The number of carbonyl (C=O) groups excluding carboxylic acids is 1. The van der Waals surface area contributed by atoms with Gasteiger partial charge in [0.1, 0.15) is 5.75 Å². The molecule has 0 heterocycles. The lowest BCUT2D eigenvalue weighted by Crippen LogP contribution is -2.24. The van der Waals surface area contributed by atoms with Crippen molar-refractivity contribution in [3.05, 3.63) is 29.3 Å². The zero-order chi connectivity index (χ0) is 14.3. The first-order valence-corrected chi connectivity index (χ1v) is 6.65. The Morgan fingerprint density at radius 1 is 1.37 bits per heavy atom. The van der Waals surface area contributed by atoms with E-state index in [1.54, 1.807) is 7.11 Å². The Kier molecular flexibility index (Phi) is 6.36. The molecule has 0 aliphatic heterocycles. The molecule has 0 fully saturated rings. The van der Waals surface area contributed by atoms with E-state index in [4.69, 9.17) is 9.47 Å². The van der Waals surface area contributed by atoms with Gasteiger partial charge in [-0.3, -0.25) is 4.79 Å². The summed E-state index contributed by atoms with van der Waals surface area (Å²) in [6, 6.07) is 5.94. The van der Waals surface area contributed by atoms with Crippen molar-refractivity contribution in [1.82, 2.24) is 5.32 Å². The molecule has 0 bridgehead atoms. The maximum absolute atomic E-state index is 11.6. The van der Waals surface area contributed by atoms with Gasteiger partial charge < -0.3 is 14.8 Å². The Morgan fingerprint density at radius 3 is 2.63 bits per heavy atom. The van der Waals surface area contributed by atoms with Crippen LogP contribution in [-0.4, -0.2) is 26.2 Å². The number of ether oxygens (including phenoxy) is 2. The van der Waals surface area contributed by atoms with Crippen molar-refractivity contribution in [2.45, 2.75) is 33.2 Å². The average Bonchev–Trinajstić information content (AvgIpc) is 2.38. The van der Waals surface area contributed by atoms with E-state index in [-0.39, 0.29) is 12.0 Å². The molecule has 1 atom stereocenters. The zero-order valence-corrected chi connectivity index (χ0v) is 12.2. The summed E-state index contributed by atoms with van der Waals surface area (Å²) in [5.41, 5.74) is 2.14. The highest BCUT2D eigenvalue weighted by Gasteiger charge is 2.16. The molecule has 1 aromatic carbocycles. The minimum Gasteiger partial charge on any atom is -0.496 e. The second-order valence-electron chi connectivity index (χ2n) is 4.35. The lowest BCUT2D eigenvalue weighted by atomic mass is 10.0. The minimum absolute atomic E-state index is 0.0198. The second kappa shape index (κ2) is 7.79. The molecule has 0 aliphatic carbocycles. The lowest BCUT2D eigenvalue weighted by molar-refractivity contribution is -0.143. The number of hydrogen-bond donors (Lipinski definition) is 1. The number of aryl methyl sites for hydroxylation is 1. The van der Waals surface area contributed by atoms with Crippen LogP contribution in [0.4, 0.5) is 0 Å². The Morgan fingerprint density at radius 2 is 2.11 bits per heavy atom. The van der Waals surface area contributed by atoms with Gasteiger partial charge in [0.15, 0.2) is 0 Å². The van der Waals surface area contributed by atoms with Gasteiger partial charge in [0.05, 0.1) is 20.1 Å². The van der Waals surface area contributed by atoms with Gasteiger partial charge in [-0.15, -0.1) is 0 Å². The third-order valence-electron chi connectivity index (χ3n) is 2.95. The second-order valence-corrected chi connectivity index (χ2v) is 4.35. The first-order valence-electron chi connectivity index (χ1n) is 6.65. The molecule has 1 rings (SSSR count). The average molecular weight is 265 g/mol. The van der Waals surface area contributed by atoms with Crippen LogP contribution < -0.4 is 10.1 Å². The van der Waals surface area contributed by atoms with Gasteiger partial charge in [-0.2, -0.15) is 0 Å². The number of nitrogens with one attached hydrogen (secondary N) is 1. The van der Waals surface area contributed by atoms with Gasteiger partial charge in [-0.05, 0) is 37.6 Å². The first-order chi connectivity index (χ1) is 9.12. The SMILES string of the molecule is CCNC(CC(=O)OCC)c1ccc(OC)c(C)c1. The predicted octanol–water partition coefficient (Wildman–Crippen LogP) is 2.61. The van der Waals surface area contributed by atoms with E-state index in [0.717, 1.165) is 23.4 Å². The van der Waals surface area contributed by atoms with Gasteiger partial charge >= 0.3 is 5.97 Å². The number of hydrogen-bond acceptors (Lipinski definition) is 4. The Balaban J connectivity index is 2.86. The highest BCUT2D eigenvalue weighted by atomic mass is 16.5. The van der Waals surface area contributed by atoms with Crippen molar-refractivity contribution in [2.24, 2.45) is 0 Å². The Labute approximate surface area is 115 Å². The molecule has 1 N–H and O–H groups in total. The van der Waals surface area contributed by atoms with E-state index in [1.165, 1.54) is 0 Å². The maximum atomic E-state index is 11.6. The van der Waals surface area contributed by atoms with Gasteiger partial charge in [0, 0.05) is 6.04 Å². The van der Waals surface area contributed by atoms with Crippen LogP contribution >= 0.6 is 0 Å². The monoisotopic (exact) mass is 265 g/mol. The molecule has 19 heavy (non-hydrogen) atoms. The van der Waals surface area contributed by atoms with Gasteiger partial charge in [-0.25, -0.2) is 0 Å². The third kappa shape index (κ3) is 4.56. The normalized spacial score (nSPS) is 12.0. The van der Waals surface area contributed by atoms with Crippen LogP contribution in [0.5, 0.6) is 5.75 Å². The molecule has 4 heteroatoms. The Bertz CT molecular complexity index is 418. The van der Waals surface area contributed by atoms with Crippen LogP contribution in [-0.2, 0) is 9.53 Å². The van der Waals surface area contributed by atoms with Crippen molar-refractivity contribution in [1.29, 1.82) is 0 Å². The molecule has 0 saturated carbocycles. The third-order valence-corrected chi connectivity index (χ3v) is 2.95. The largest absolute Gasteiger partial charge is 0.496 e. The number of esters is 1. The number of carbonyl (C=O) groups is 1. The maximum Gasteiger partial charge on any atom is 0.307 e. The molecule has 4 nitrogen and oxygen atoms in total.